The molecule has 1 aromatic carbocycles. The molecule has 0 aromatic heterocycles. The van der Waals surface area contributed by atoms with Crippen LogP contribution in [-0.4, -0.2) is 42.5 Å². The van der Waals surface area contributed by atoms with E-state index in [9.17, 15) is 9.59 Å². The van der Waals surface area contributed by atoms with Gasteiger partial charge in [0.05, 0.1) is 0 Å². The summed E-state index contributed by atoms with van der Waals surface area (Å²) in [6.07, 6.45) is 2.20. The van der Waals surface area contributed by atoms with Crippen molar-refractivity contribution in [2.24, 2.45) is 17.8 Å². The van der Waals surface area contributed by atoms with Gasteiger partial charge < -0.3 is 15.0 Å². The van der Waals surface area contributed by atoms with Gasteiger partial charge in [-0.15, -0.1) is 0 Å². The van der Waals surface area contributed by atoms with E-state index in [0.29, 0.717) is 5.92 Å². The average Bonchev–Trinajstić information content (AvgIpc) is 2.65. The van der Waals surface area contributed by atoms with Crippen molar-refractivity contribution in [3.63, 3.8) is 0 Å². The van der Waals surface area contributed by atoms with Crippen LogP contribution in [0.15, 0.2) is 30.3 Å². The van der Waals surface area contributed by atoms with Gasteiger partial charge in [-0.05, 0) is 37.4 Å². The Morgan fingerprint density at radius 3 is 2.44 bits per heavy atom. The zero-order chi connectivity index (χ0) is 17.8. The second-order valence-electron chi connectivity index (χ2n) is 7.54. The van der Waals surface area contributed by atoms with Crippen molar-refractivity contribution in [2.45, 2.75) is 39.3 Å². The fraction of sp³-hybridized carbons (Fsp3) is 0.600. The SMILES string of the molecule is CC(C)C(=O)NC(C(=O)OCc1ccccc1)C1CN2CCC1CC2. The van der Waals surface area contributed by atoms with Crippen LogP contribution in [0, 0.1) is 17.8 Å². The van der Waals surface area contributed by atoms with Gasteiger partial charge in [-0.25, -0.2) is 4.79 Å². The van der Waals surface area contributed by atoms with E-state index in [1.54, 1.807) is 0 Å². The number of amides is 1. The maximum atomic E-state index is 12.8. The minimum absolute atomic E-state index is 0.0851. The van der Waals surface area contributed by atoms with E-state index >= 15 is 0 Å². The van der Waals surface area contributed by atoms with Gasteiger partial charge in [-0.3, -0.25) is 4.79 Å². The van der Waals surface area contributed by atoms with Crippen LogP contribution >= 0.6 is 0 Å². The van der Waals surface area contributed by atoms with E-state index < -0.39 is 6.04 Å². The topological polar surface area (TPSA) is 58.6 Å². The molecule has 3 fully saturated rings. The van der Waals surface area contributed by atoms with Crippen LogP contribution in [0.4, 0.5) is 0 Å². The number of nitrogens with one attached hydrogen (secondary N) is 1. The summed E-state index contributed by atoms with van der Waals surface area (Å²) < 4.78 is 5.56. The second-order valence-corrected chi connectivity index (χ2v) is 7.54. The highest BCUT2D eigenvalue weighted by Gasteiger charge is 2.42. The van der Waals surface area contributed by atoms with Crippen molar-refractivity contribution in [2.75, 3.05) is 19.6 Å². The van der Waals surface area contributed by atoms with Gasteiger partial charge in [0.1, 0.15) is 12.6 Å². The lowest BCUT2D eigenvalue weighted by atomic mass is 9.75. The van der Waals surface area contributed by atoms with Gasteiger partial charge in [-0.2, -0.15) is 0 Å². The second kappa shape index (κ2) is 8.00. The Hall–Kier alpha value is -1.88. The first kappa shape index (κ1) is 17.9. The third kappa shape index (κ3) is 4.40. The van der Waals surface area contributed by atoms with Crippen molar-refractivity contribution >= 4 is 11.9 Å². The maximum Gasteiger partial charge on any atom is 0.329 e. The minimum Gasteiger partial charge on any atom is -0.459 e. The first-order valence-electron chi connectivity index (χ1n) is 9.28. The average molecular weight is 344 g/mol. The standard InChI is InChI=1S/C20H28N2O3/c1-14(2)19(23)21-18(17-12-22-10-8-16(17)9-11-22)20(24)25-13-15-6-4-3-5-7-15/h3-7,14,16-18H,8-13H2,1-2H3,(H,21,23). The molecule has 5 heteroatoms. The molecule has 0 spiro atoms. The van der Waals surface area contributed by atoms with Crippen molar-refractivity contribution in [1.82, 2.24) is 10.2 Å². The van der Waals surface area contributed by atoms with Gasteiger partial charge in [0.25, 0.3) is 0 Å². The van der Waals surface area contributed by atoms with Gasteiger partial charge in [0.2, 0.25) is 5.91 Å². The quantitative estimate of drug-likeness (QED) is 0.804. The number of nitrogens with zero attached hydrogens (tertiary/aromatic N) is 1. The van der Waals surface area contributed by atoms with Crippen molar-refractivity contribution < 1.29 is 14.3 Å². The molecule has 1 N–H and O–H groups in total. The van der Waals surface area contributed by atoms with Crippen molar-refractivity contribution in [1.29, 1.82) is 0 Å². The molecule has 25 heavy (non-hydrogen) atoms. The third-order valence-electron chi connectivity index (χ3n) is 5.43. The molecule has 0 aliphatic carbocycles. The van der Waals surface area contributed by atoms with E-state index in [2.05, 4.69) is 10.2 Å². The van der Waals surface area contributed by atoms with Crippen LogP contribution in [0.25, 0.3) is 0 Å². The molecule has 4 rings (SSSR count). The first-order chi connectivity index (χ1) is 12.0. The molecule has 3 saturated heterocycles. The number of fused-ring (bicyclic) bond motifs is 3. The Kier molecular flexibility index (Phi) is 5.74. The fourth-order valence-electron chi connectivity index (χ4n) is 3.87. The molecule has 3 heterocycles. The number of esters is 1. The monoisotopic (exact) mass is 344 g/mol. The van der Waals surface area contributed by atoms with Crippen LogP contribution in [0.2, 0.25) is 0 Å². The highest BCUT2D eigenvalue weighted by molar-refractivity contribution is 5.85. The first-order valence-corrected chi connectivity index (χ1v) is 9.28. The van der Waals surface area contributed by atoms with Crippen LogP contribution < -0.4 is 5.32 Å². The number of hydrogen-bond acceptors (Lipinski definition) is 4. The molecule has 1 amide bonds. The molecular formula is C20H28N2O3. The lowest BCUT2D eigenvalue weighted by molar-refractivity contribution is -0.153. The van der Waals surface area contributed by atoms with E-state index in [0.717, 1.165) is 38.0 Å². The molecule has 2 unspecified atom stereocenters. The van der Waals surface area contributed by atoms with E-state index in [1.807, 2.05) is 44.2 Å². The molecule has 2 atom stereocenters. The maximum absolute atomic E-state index is 12.8. The molecule has 5 nitrogen and oxygen atoms in total. The largest absolute Gasteiger partial charge is 0.459 e. The zero-order valence-electron chi connectivity index (χ0n) is 15.1. The van der Waals surface area contributed by atoms with Crippen LogP contribution in [0.3, 0.4) is 0 Å². The van der Waals surface area contributed by atoms with Crippen molar-refractivity contribution in [3.8, 4) is 0 Å². The fourth-order valence-corrected chi connectivity index (χ4v) is 3.87. The van der Waals surface area contributed by atoms with Gasteiger partial charge >= 0.3 is 5.97 Å². The molecule has 2 bridgehead atoms. The Bertz CT molecular complexity index is 594. The van der Waals surface area contributed by atoms with Crippen LogP contribution in [-0.2, 0) is 20.9 Å². The predicted molar refractivity (Wildman–Crippen MR) is 95.7 cm³/mol. The number of carbonyl (C=O) groups excluding carboxylic acids is 2. The number of ether oxygens (including phenoxy) is 1. The molecule has 0 saturated carbocycles. The number of carbonyl (C=O) groups is 2. The normalized spacial score (nSPS) is 26.3. The molecular weight excluding hydrogens is 316 g/mol. The van der Waals surface area contributed by atoms with E-state index in [4.69, 9.17) is 4.74 Å². The summed E-state index contributed by atoms with van der Waals surface area (Å²) in [5.74, 6) is 0.0976. The van der Waals surface area contributed by atoms with Crippen molar-refractivity contribution in [3.05, 3.63) is 35.9 Å². The molecule has 3 aliphatic heterocycles. The highest BCUT2D eigenvalue weighted by atomic mass is 16.5. The number of benzene rings is 1. The van der Waals surface area contributed by atoms with Crippen LogP contribution in [0.5, 0.6) is 0 Å². The summed E-state index contributed by atoms with van der Waals surface area (Å²) in [7, 11) is 0. The summed E-state index contributed by atoms with van der Waals surface area (Å²) in [4.78, 5) is 27.4. The lowest BCUT2D eigenvalue weighted by Gasteiger charge is -2.47. The van der Waals surface area contributed by atoms with Gasteiger partial charge in [0, 0.05) is 18.4 Å². The molecule has 0 radical (unpaired) electrons. The summed E-state index contributed by atoms with van der Waals surface area (Å²) in [6, 6.07) is 9.10. The Morgan fingerprint density at radius 1 is 1.20 bits per heavy atom. The molecule has 1 aromatic rings. The van der Waals surface area contributed by atoms with E-state index in [-0.39, 0.29) is 30.3 Å². The number of hydrogen-bond donors (Lipinski definition) is 1. The Morgan fingerprint density at radius 2 is 1.88 bits per heavy atom. The zero-order valence-corrected chi connectivity index (χ0v) is 15.1. The third-order valence-corrected chi connectivity index (χ3v) is 5.43. The summed E-state index contributed by atoms with van der Waals surface area (Å²) in [5.41, 5.74) is 0.957. The van der Waals surface area contributed by atoms with Gasteiger partial charge in [-0.1, -0.05) is 44.2 Å². The molecule has 136 valence electrons. The lowest BCUT2D eigenvalue weighted by Crippen LogP contribution is -2.58. The molecule has 3 aliphatic rings. The minimum atomic E-state index is -0.549. The van der Waals surface area contributed by atoms with Crippen LogP contribution in [0.1, 0.15) is 32.3 Å². The number of piperidine rings is 3. The Balaban J connectivity index is 1.69. The predicted octanol–water partition coefficient (Wildman–Crippen LogP) is 2.21. The Labute approximate surface area is 149 Å². The summed E-state index contributed by atoms with van der Waals surface area (Å²) in [6.45, 7) is 7.01. The van der Waals surface area contributed by atoms with E-state index in [1.165, 1.54) is 0 Å². The van der Waals surface area contributed by atoms with Gasteiger partial charge in [0.15, 0.2) is 0 Å². The summed E-state index contributed by atoms with van der Waals surface area (Å²) >= 11 is 0. The smallest absolute Gasteiger partial charge is 0.329 e. The highest BCUT2D eigenvalue weighted by Crippen LogP contribution is 2.34. The number of rotatable bonds is 6. The summed E-state index contributed by atoms with van der Waals surface area (Å²) in [5, 5.41) is 2.97.